The van der Waals surface area contributed by atoms with Crippen LogP contribution in [0.1, 0.15) is 26.7 Å². The zero-order chi connectivity index (χ0) is 6.41. The first kappa shape index (κ1) is 6.70. The fourth-order valence-corrected chi connectivity index (χ4v) is 1.19. The Bertz CT molecular complexity index is 91.1. The molecule has 1 saturated carbocycles. The summed E-state index contributed by atoms with van der Waals surface area (Å²) in [4.78, 5) is -0.289. The van der Waals surface area contributed by atoms with E-state index >= 15 is 0 Å². The first-order valence-corrected chi connectivity index (χ1v) is 3.59. The summed E-state index contributed by atoms with van der Waals surface area (Å²) >= 11 is 11.9. The molecule has 1 aliphatic rings. The minimum atomic E-state index is -0.144. The highest BCUT2D eigenvalue weighted by Gasteiger charge is 2.50. The molecule has 0 aromatic carbocycles. The van der Waals surface area contributed by atoms with Gasteiger partial charge in [0.2, 0.25) is 0 Å². The SMILES string of the molecule is C[C@]1(Cl)CC[C@]1(C)Cl. The van der Waals surface area contributed by atoms with E-state index in [1.54, 1.807) is 0 Å². The largest absolute Gasteiger partial charge is 0.118 e. The molecule has 0 unspecified atom stereocenters. The quantitative estimate of drug-likeness (QED) is 0.469. The van der Waals surface area contributed by atoms with E-state index in [2.05, 4.69) is 0 Å². The number of rotatable bonds is 0. The van der Waals surface area contributed by atoms with Crippen LogP contribution in [0.3, 0.4) is 0 Å². The molecule has 1 rings (SSSR count). The first-order chi connectivity index (χ1) is 3.46. The van der Waals surface area contributed by atoms with Crippen LogP contribution >= 0.6 is 23.2 Å². The molecule has 0 aromatic heterocycles. The van der Waals surface area contributed by atoms with Gasteiger partial charge in [-0.1, -0.05) is 0 Å². The molecule has 0 aliphatic heterocycles. The third kappa shape index (κ3) is 0.745. The van der Waals surface area contributed by atoms with Crippen molar-refractivity contribution >= 4 is 23.2 Å². The molecule has 0 aromatic rings. The van der Waals surface area contributed by atoms with Gasteiger partial charge < -0.3 is 0 Å². The van der Waals surface area contributed by atoms with Gasteiger partial charge >= 0.3 is 0 Å². The normalized spacial score (nSPS) is 55.5. The van der Waals surface area contributed by atoms with Crippen molar-refractivity contribution in [3.63, 3.8) is 0 Å². The van der Waals surface area contributed by atoms with Gasteiger partial charge in [0.25, 0.3) is 0 Å². The predicted molar refractivity (Wildman–Crippen MR) is 37.8 cm³/mol. The van der Waals surface area contributed by atoms with Gasteiger partial charge in [-0.3, -0.25) is 0 Å². The highest BCUT2D eigenvalue weighted by atomic mass is 35.5. The van der Waals surface area contributed by atoms with E-state index in [9.17, 15) is 0 Å². The van der Waals surface area contributed by atoms with Crippen LogP contribution in [-0.4, -0.2) is 9.75 Å². The van der Waals surface area contributed by atoms with Crippen LogP contribution in [0.4, 0.5) is 0 Å². The molecule has 0 bridgehead atoms. The van der Waals surface area contributed by atoms with Gasteiger partial charge in [-0.25, -0.2) is 0 Å². The summed E-state index contributed by atoms with van der Waals surface area (Å²) in [6.07, 6.45) is 2.10. The summed E-state index contributed by atoms with van der Waals surface area (Å²) in [5.74, 6) is 0. The standard InChI is InChI=1S/C6H10Cl2/c1-5(7)3-4-6(5,2)8/h3-4H2,1-2H3/t5-,6-/m0/s1. The van der Waals surface area contributed by atoms with E-state index in [1.807, 2.05) is 13.8 Å². The molecule has 0 saturated heterocycles. The molecule has 0 radical (unpaired) electrons. The molecule has 2 atom stereocenters. The fraction of sp³-hybridized carbons (Fsp3) is 1.00. The van der Waals surface area contributed by atoms with Crippen LogP contribution in [0, 0.1) is 0 Å². The molecule has 0 amide bonds. The Morgan fingerprint density at radius 1 is 1.00 bits per heavy atom. The highest BCUT2D eigenvalue weighted by Crippen LogP contribution is 2.51. The van der Waals surface area contributed by atoms with Gasteiger partial charge in [0.15, 0.2) is 0 Å². The van der Waals surface area contributed by atoms with E-state index < -0.39 is 0 Å². The zero-order valence-corrected chi connectivity index (χ0v) is 6.68. The monoisotopic (exact) mass is 152 g/mol. The second kappa shape index (κ2) is 1.54. The summed E-state index contributed by atoms with van der Waals surface area (Å²) < 4.78 is 0. The Balaban J connectivity index is 2.63. The lowest BCUT2D eigenvalue weighted by Crippen LogP contribution is -2.50. The van der Waals surface area contributed by atoms with E-state index in [0.29, 0.717) is 0 Å². The molecule has 1 aliphatic carbocycles. The van der Waals surface area contributed by atoms with Crippen molar-refractivity contribution in [2.45, 2.75) is 36.4 Å². The zero-order valence-electron chi connectivity index (χ0n) is 5.17. The molecular weight excluding hydrogens is 143 g/mol. The summed E-state index contributed by atoms with van der Waals surface area (Å²) in [5, 5.41) is 0. The molecule has 48 valence electrons. The Hall–Kier alpha value is 0.580. The number of hydrogen-bond donors (Lipinski definition) is 0. The van der Waals surface area contributed by atoms with Gasteiger partial charge in [0.05, 0.1) is 9.75 Å². The molecular formula is C6H10Cl2. The molecule has 2 heteroatoms. The van der Waals surface area contributed by atoms with E-state index in [-0.39, 0.29) is 9.75 Å². The van der Waals surface area contributed by atoms with Crippen LogP contribution in [0.2, 0.25) is 0 Å². The van der Waals surface area contributed by atoms with Gasteiger partial charge in [-0.05, 0) is 26.7 Å². The van der Waals surface area contributed by atoms with Gasteiger partial charge in [-0.15, -0.1) is 23.2 Å². The maximum Gasteiger partial charge on any atom is 0.0607 e. The number of alkyl halides is 2. The predicted octanol–water partition coefficient (Wildman–Crippen LogP) is 2.78. The van der Waals surface area contributed by atoms with Crippen LogP contribution in [-0.2, 0) is 0 Å². The molecule has 8 heavy (non-hydrogen) atoms. The maximum absolute atomic E-state index is 5.96. The van der Waals surface area contributed by atoms with Crippen LogP contribution in [0.25, 0.3) is 0 Å². The third-order valence-corrected chi connectivity index (χ3v) is 3.46. The Kier molecular flexibility index (Phi) is 1.29. The van der Waals surface area contributed by atoms with Gasteiger partial charge in [0, 0.05) is 0 Å². The summed E-state index contributed by atoms with van der Waals surface area (Å²) in [6, 6.07) is 0. The third-order valence-electron chi connectivity index (χ3n) is 2.15. The van der Waals surface area contributed by atoms with Crippen molar-refractivity contribution in [1.82, 2.24) is 0 Å². The second-order valence-corrected chi connectivity index (χ2v) is 4.56. The molecule has 0 nitrogen and oxygen atoms in total. The summed E-state index contributed by atoms with van der Waals surface area (Å²) in [7, 11) is 0. The van der Waals surface area contributed by atoms with E-state index in [0.717, 1.165) is 12.8 Å². The lowest BCUT2D eigenvalue weighted by molar-refractivity contribution is 0.284. The highest BCUT2D eigenvalue weighted by molar-refractivity contribution is 6.35. The Morgan fingerprint density at radius 2 is 1.25 bits per heavy atom. The lowest BCUT2D eigenvalue weighted by Gasteiger charge is -2.47. The number of halogens is 2. The van der Waals surface area contributed by atoms with Crippen LogP contribution in [0.15, 0.2) is 0 Å². The lowest BCUT2D eigenvalue weighted by atomic mass is 9.74. The Morgan fingerprint density at radius 3 is 1.25 bits per heavy atom. The van der Waals surface area contributed by atoms with Crippen molar-refractivity contribution in [2.24, 2.45) is 0 Å². The maximum atomic E-state index is 5.96. The fourth-order valence-electron chi connectivity index (χ4n) is 0.814. The average Bonchev–Trinajstić information content (AvgIpc) is 1.64. The van der Waals surface area contributed by atoms with Crippen molar-refractivity contribution < 1.29 is 0 Å². The van der Waals surface area contributed by atoms with Crippen molar-refractivity contribution in [3.8, 4) is 0 Å². The number of hydrogen-bond acceptors (Lipinski definition) is 0. The van der Waals surface area contributed by atoms with Gasteiger partial charge in [-0.2, -0.15) is 0 Å². The molecule has 0 N–H and O–H groups in total. The minimum Gasteiger partial charge on any atom is -0.118 e. The second-order valence-electron chi connectivity index (χ2n) is 2.89. The minimum absolute atomic E-state index is 0.144. The summed E-state index contributed by atoms with van der Waals surface area (Å²) in [5.41, 5.74) is 0. The molecule has 0 heterocycles. The van der Waals surface area contributed by atoms with Crippen molar-refractivity contribution in [3.05, 3.63) is 0 Å². The smallest absolute Gasteiger partial charge is 0.0607 e. The van der Waals surface area contributed by atoms with E-state index in [1.165, 1.54) is 0 Å². The van der Waals surface area contributed by atoms with Crippen molar-refractivity contribution in [2.75, 3.05) is 0 Å². The first-order valence-electron chi connectivity index (χ1n) is 2.84. The Labute approximate surface area is 60.2 Å². The topological polar surface area (TPSA) is 0 Å². The van der Waals surface area contributed by atoms with Gasteiger partial charge in [0.1, 0.15) is 0 Å². The van der Waals surface area contributed by atoms with Crippen molar-refractivity contribution in [1.29, 1.82) is 0 Å². The van der Waals surface area contributed by atoms with E-state index in [4.69, 9.17) is 23.2 Å². The summed E-state index contributed by atoms with van der Waals surface area (Å²) in [6.45, 7) is 3.98. The molecule has 0 spiro atoms. The molecule has 1 fully saturated rings. The van der Waals surface area contributed by atoms with Crippen LogP contribution < -0.4 is 0 Å². The van der Waals surface area contributed by atoms with Crippen LogP contribution in [0.5, 0.6) is 0 Å². The average molecular weight is 153 g/mol.